The van der Waals surface area contributed by atoms with Gasteiger partial charge in [0.2, 0.25) is 30.9 Å². The Hall–Kier alpha value is -5.00. The molecule has 1 heterocycles. The van der Waals surface area contributed by atoms with E-state index in [9.17, 15) is 133 Å². The maximum atomic E-state index is 11.1. The summed E-state index contributed by atoms with van der Waals surface area (Å²) in [6.07, 6.45) is -48.0. The molecule has 0 spiro atoms. The Bertz CT molecular complexity index is 2070. The van der Waals surface area contributed by atoms with E-state index in [0.29, 0.717) is 0 Å². The SMILES string of the molecule is C=C(O)C(CCO)O/C(O)=C(\O)C(CCO)OC(O)/C(O)=C(/O)C(CCO)OC1OC(CO)C(OC(O)/C(O)=C(/O)C(CCO)OC(O)/C(O)=C(\O)C(CCO)OC(O)C(O)C(O)C(CCO)OC(O)/C(O)=C(\O)C(CCO)OO)C(O)C1O. The highest BCUT2D eigenvalue weighted by Crippen LogP contribution is 2.31. The number of hydrogen-bond donors (Lipinski definition) is 29. The van der Waals surface area contributed by atoms with E-state index >= 15 is 0 Å². The van der Waals surface area contributed by atoms with Crippen LogP contribution in [-0.2, 0) is 42.8 Å². The molecule has 0 saturated carbocycles. The molecule has 0 bridgehead atoms. The van der Waals surface area contributed by atoms with E-state index in [2.05, 4.69) is 11.5 Å². The number of aliphatic hydroxyl groups excluding tert-OH is 28. The van der Waals surface area contributed by atoms with E-state index in [1.807, 2.05) is 0 Å². The van der Waals surface area contributed by atoms with E-state index in [0.717, 1.165) is 0 Å². The summed E-state index contributed by atoms with van der Waals surface area (Å²) in [5.74, 6) is -15.4. The maximum absolute atomic E-state index is 11.1. The molecular weight excluding hydrogens is 1160 g/mol. The second-order valence-corrected chi connectivity index (χ2v) is 17.8. The number of rotatable bonds is 43. The summed E-state index contributed by atoms with van der Waals surface area (Å²) in [6.45, 7) is -3.89. The summed E-state index contributed by atoms with van der Waals surface area (Å²) in [5, 5.41) is 297. The smallest absolute Gasteiger partial charge is 0.319 e. The second kappa shape index (κ2) is 38.9. The van der Waals surface area contributed by atoms with Crippen LogP contribution in [0.2, 0.25) is 0 Å². The van der Waals surface area contributed by atoms with Gasteiger partial charge in [0.1, 0.15) is 66.8 Å². The van der Waals surface area contributed by atoms with Crippen LogP contribution >= 0.6 is 0 Å². The molecule has 0 aromatic heterocycles. The first-order valence-electron chi connectivity index (χ1n) is 25.1. The number of aliphatic hydroxyl groups is 28. The van der Waals surface area contributed by atoms with Crippen molar-refractivity contribution < 1.29 is 191 Å². The van der Waals surface area contributed by atoms with Crippen LogP contribution in [0.5, 0.6) is 0 Å². The molecule has 1 fully saturated rings. The van der Waals surface area contributed by atoms with Gasteiger partial charge < -0.3 is 181 Å². The van der Waals surface area contributed by atoms with Gasteiger partial charge in [0, 0.05) is 84.8 Å². The van der Waals surface area contributed by atoms with Gasteiger partial charge in [-0.15, -0.1) is 0 Å². The third-order valence-corrected chi connectivity index (χ3v) is 11.9. The molecule has 84 heavy (non-hydrogen) atoms. The highest BCUT2D eigenvalue weighted by molar-refractivity contribution is 5.12. The average Bonchev–Trinajstić information content (AvgIpc) is 3.49. The van der Waals surface area contributed by atoms with Gasteiger partial charge in [-0.25, -0.2) is 4.89 Å². The van der Waals surface area contributed by atoms with Crippen molar-refractivity contribution in [3.63, 3.8) is 0 Å². The Balaban J connectivity index is 3.36. The number of hydrogen-bond acceptors (Lipinski definition) is 38. The summed E-state index contributed by atoms with van der Waals surface area (Å²) in [6, 6.07) is 0. The largest absolute Gasteiger partial charge is 0.509 e. The van der Waals surface area contributed by atoms with Crippen LogP contribution < -0.4 is 0 Å². The fourth-order valence-corrected chi connectivity index (χ4v) is 7.27. The van der Waals surface area contributed by atoms with Gasteiger partial charge in [0.15, 0.2) is 70.9 Å². The quantitative estimate of drug-likeness (QED) is 0.0117. The zero-order valence-electron chi connectivity index (χ0n) is 44.4. The summed E-state index contributed by atoms with van der Waals surface area (Å²) in [5.41, 5.74) is 0. The van der Waals surface area contributed by atoms with Gasteiger partial charge in [-0.05, 0) is 6.42 Å². The van der Waals surface area contributed by atoms with E-state index in [1.165, 1.54) is 0 Å². The van der Waals surface area contributed by atoms with Gasteiger partial charge in [-0.1, -0.05) is 6.58 Å². The van der Waals surface area contributed by atoms with Crippen LogP contribution in [0.1, 0.15) is 44.9 Å². The molecule has 1 aliphatic heterocycles. The molecule has 19 unspecified atom stereocenters. The summed E-state index contributed by atoms with van der Waals surface area (Å²) in [4.78, 5) is 3.88. The predicted octanol–water partition coefficient (Wildman–Crippen LogP) is -6.36. The minimum absolute atomic E-state index is 0.343. The zero-order chi connectivity index (χ0) is 64.3. The third-order valence-electron chi connectivity index (χ3n) is 11.9. The lowest BCUT2D eigenvalue weighted by Crippen LogP contribution is -2.61. The lowest BCUT2D eigenvalue weighted by atomic mass is 9.98. The van der Waals surface area contributed by atoms with Crippen LogP contribution in [0.25, 0.3) is 0 Å². The fraction of sp³-hybridized carbons (Fsp3) is 0.739. The van der Waals surface area contributed by atoms with E-state index in [-0.39, 0.29) is 6.42 Å². The van der Waals surface area contributed by atoms with Crippen LogP contribution in [0.15, 0.2) is 70.1 Å². The van der Waals surface area contributed by atoms with E-state index in [4.69, 9.17) is 53.4 Å². The van der Waals surface area contributed by atoms with E-state index in [1.54, 1.807) is 0 Å². The summed E-state index contributed by atoms with van der Waals surface area (Å²) < 4.78 is 41.0. The first-order chi connectivity index (χ1) is 39.5. The molecule has 492 valence electrons. The predicted molar refractivity (Wildman–Crippen MR) is 267 cm³/mol. The molecule has 38 nitrogen and oxygen atoms in total. The van der Waals surface area contributed by atoms with Gasteiger partial charge in [0.25, 0.3) is 0 Å². The Labute approximate surface area is 475 Å². The zero-order valence-corrected chi connectivity index (χ0v) is 44.4. The normalized spacial score (nSPS) is 24.4. The minimum Gasteiger partial charge on any atom is -0.509 e. The lowest BCUT2D eigenvalue weighted by Gasteiger charge is -2.43. The monoisotopic (exact) mass is 1240 g/mol. The van der Waals surface area contributed by atoms with Crippen molar-refractivity contribution in [1.29, 1.82) is 0 Å². The first kappa shape index (κ1) is 77.0. The van der Waals surface area contributed by atoms with Crippen molar-refractivity contribution >= 4 is 0 Å². The molecule has 0 aliphatic carbocycles. The lowest BCUT2D eigenvalue weighted by molar-refractivity contribution is -0.329. The van der Waals surface area contributed by atoms with Crippen LogP contribution in [0.4, 0.5) is 0 Å². The maximum Gasteiger partial charge on any atom is 0.319 e. The van der Waals surface area contributed by atoms with Crippen molar-refractivity contribution in [3.8, 4) is 0 Å². The molecule has 1 saturated heterocycles. The Kier molecular flexibility index (Phi) is 35.7. The third kappa shape index (κ3) is 22.7. The molecular formula is C46H80O38. The van der Waals surface area contributed by atoms with Gasteiger partial charge in [0.05, 0.1) is 12.7 Å². The average molecular weight is 1240 g/mol. The Morgan fingerprint density at radius 1 is 0.405 bits per heavy atom. The topological polar surface area (TPSA) is 670 Å². The highest BCUT2D eigenvalue weighted by atomic mass is 17.1. The van der Waals surface area contributed by atoms with Gasteiger partial charge in [-0.2, -0.15) is 0 Å². The van der Waals surface area contributed by atoms with Crippen LogP contribution in [-0.4, -0.2) is 318 Å². The van der Waals surface area contributed by atoms with E-state index < -0.39 is 272 Å². The molecule has 0 amide bonds. The molecule has 1 rings (SSSR count). The molecule has 0 radical (unpaired) electrons. The second-order valence-electron chi connectivity index (χ2n) is 17.8. The fourth-order valence-electron chi connectivity index (χ4n) is 7.27. The van der Waals surface area contributed by atoms with Crippen molar-refractivity contribution in [2.24, 2.45) is 0 Å². The molecule has 19 atom stereocenters. The minimum atomic E-state index is -2.86. The molecule has 1 aliphatic rings. The van der Waals surface area contributed by atoms with Crippen LogP contribution in [0.3, 0.4) is 0 Å². The summed E-state index contributed by atoms with van der Waals surface area (Å²) in [7, 11) is 0. The van der Waals surface area contributed by atoms with Crippen molar-refractivity contribution in [3.05, 3.63) is 70.1 Å². The van der Waals surface area contributed by atoms with Crippen LogP contribution in [0, 0.1) is 0 Å². The molecule has 0 aromatic carbocycles. The van der Waals surface area contributed by atoms with Gasteiger partial charge in [-0.3, -0.25) is 5.26 Å². The van der Waals surface area contributed by atoms with Crippen molar-refractivity contribution in [2.75, 3.05) is 52.9 Å². The molecule has 38 heteroatoms. The molecule has 29 N–H and O–H groups in total. The van der Waals surface area contributed by atoms with Crippen molar-refractivity contribution in [2.45, 2.75) is 162 Å². The highest BCUT2D eigenvalue weighted by Gasteiger charge is 2.49. The molecule has 0 aromatic rings. The van der Waals surface area contributed by atoms with Crippen molar-refractivity contribution in [1.82, 2.24) is 0 Å². The Morgan fingerprint density at radius 2 is 0.786 bits per heavy atom. The van der Waals surface area contributed by atoms with Gasteiger partial charge >= 0.3 is 5.95 Å². The summed E-state index contributed by atoms with van der Waals surface area (Å²) >= 11 is 0. The standard InChI is InChI=1S/C46H80O38/c1-17(55)18(2-9-47)76-40(69)31(61)23(7-14-52)80-43(72)35(65)29(59)22(6-13-51)81-46-38(68)32(62)39(25(16-54)82-46)83-45(74)36(66)28(58)21(5-12-50)78-42(71)33(63)26(56)19(3-10-48)77-41(70)34(64)27(57)20(4-11-49)79-44(73)37(67)30(60)24(84-75)8-15-53/h18-25,27,32,34,38-39,41-75H,1-16H2/b33-26+,35-29-,36-28-,37-30+,40-31-. The number of ether oxygens (including phenoxy) is 8. The Morgan fingerprint density at radius 3 is 1.23 bits per heavy atom. The first-order valence-corrected chi connectivity index (χ1v) is 25.1.